The molecular formula is C13H28N2. The lowest BCUT2D eigenvalue weighted by Gasteiger charge is -2.23. The smallest absolute Gasteiger partial charge is 0.00333 e. The van der Waals surface area contributed by atoms with Gasteiger partial charge >= 0.3 is 0 Å². The van der Waals surface area contributed by atoms with E-state index in [2.05, 4.69) is 44.8 Å². The summed E-state index contributed by atoms with van der Waals surface area (Å²) in [6.07, 6.45) is 1.36. The fraction of sp³-hybridized carbons (Fsp3) is 1.00. The molecule has 1 aliphatic rings. The van der Waals surface area contributed by atoms with E-state index in [-0.39, 0.29) is 0 Å². The predicted molar refractivity (Wildman–Crippen MR) is 67.1 cm³/mol. The molecule has 0 saturated carbocycles. The Balaban J connectivity index is 2.19. The van der Waals surface area contributed by atoms with Crippen molar-refractivity contribution in [3.63, 3.8) is 0 Å². The van der Waals surface area contributed by atoms with Crippen molar-refractivity contribution in [2.24, 2.45) is 11.3 Å². The lowest BCUT2D eigenvalue weighted by molar-refractivity contribution is 0.251. The Labute approximate surface area is 95.4 Å². The monoisotopic (exact) mass is 212 g/mol. The number of rotatable bonds is 5. The Bertz CT molecular complexity index is 187. The minimum Gasteiger partial charge on any atom is -0.314 e. The third kappa shape index (κ3) is 4.98. The molecule has 1 fully saturated rings. The molecular weight excluding hydrogens is 184 g/mol. The van der Waals surface area contributed by atoms with Crippen molar-refractivity contribution in [2.45, 2.75) is 47.1 Å². The highest BCUT2D eigenvalue weighted by molar-refractivity contribution is 4.83. The van der Waals surface area contributed by atoms with Crippen molar-refractivity contribution in [3.05, 3.63) is 0 Å². The first-order valence-electron chi connectivity index (χ1n) is 6.35. The summed E-state index contributed by atoms with van der Waals surface area (Å²) >= 11 is 0. The van der Waals surface area contributed by atoms with Crippen molar-refractivity contribution in [2.75, 3.05) is 26.2 Å². The summed E-state index contributed by atoms with van der Waals surface area (Å²) in [5.74, 6) is 0.765. The van der Waals surface area contributed by atoms with Gasteiger partial charge in [0.15, 0.2) is 0 Å². The van der Waals surface area contributed by atoms with E-state index in [1.165, 1.54) is 26.1 Å². The fourth-order valence-electron chi connectivity index (χ4n) is 2.32. The molecule has 0 spiro atoms. The predicted octanol–water partition coefficient (Wildman–Crippen LogP) is 2.35. The molecule has 1 N–H and O–H groups in total. The normalized spacial score (nSPS) is 23.6. The first-order chi connectivity index (χ1) is 6.89. The Hall–Kier alpha value is -0.0800. The molecule has 1 heterocycles. The van der Waals surface area contributed by atoms with Crippen molar-refractivity contribution in [1.29, 1.82) is 0 Å². The molecule has 15 heavy (non-hydrogen) atoms. The van der Waals surface area contributed by atoms with Crippen LogP contribution in [0.4, 0.5) is 0 Å². The second-order valence-electron chi connectivity index (χ2n) is 6.32. The van der Waals surface area contributed by atoms with Crippen LogP contribution in [0, 0.1) is 11.3 Å². The maximum Gasteiger partial charge on any atom is 0.00333 e. The zero-order valence-electron chi connectivity index (χ0n) is 11.1. The van der Waals surface area contributed by atoms with E-state index in [0.717, 1.165) is 12.5 Å². The van der Waals surface area contributed by atoms with Crippen molar-refractivity contribution >= 4 is 0 Å². The van der Waals surface area contributed by atoms with Gasteiger partial charge in [0, 0.05) is 19.1 Å². The molecule has 1 saturated heterocycles. The largest absolute Gasteiger partial charge is 0.314 e. The van der Waals surface area contributed by atoms with Gasteiger partial charge in [-0.05, 0) is 30.8 Å². The van der Waals surface area contributed by atoms with Gasteiger partial charge in [-0.15, -0.1) is 0 Å². The molecule has 1 aliphatic heterocycles. The fourth-order valence-corrected chi connectivity index (χ4v) is 2.32. The van der Waals surface area contributed by atoms with Crippen LogP contribution in [0.25, 0.3) is 0 Å². The maximum atomic E-state index is 3.51. The van der Waals surface area contributed by atoms with Crippen LogP contribution in [0.15, 0.2) is 0 Å². The van der Waals surface area contributed by atoms with Gasteiger partial charge in [-0.3, -0.25) is 0 Å². The molecule has 0 bridgehead atoms. The lowest BCUT2D eigenvalue weighted by Crippen LogP contribution is -2.35. The summed E-state index contributed by atoms with van der Waals surface area (Å²) in [4.78, 5) is 2.62. The van der Waals surface area contributed by atoms with Crippen LogP contribution in [0.1, 0.15) is 41.0 Å². The average Bonchev–Trinajstić information content (AvgIpc) is 2.42. The highest BCUT2D eigenvalue weighted by Gasteiger charge is 2.29. The molecule has 1 rings (SSSR count). The van der Waals surface area contributed by atoms with Crippen molar-refractivity contribution in [3.8, 4) is 0 Å². The van der Waals surface area contributed by atoms with Crippen LogP contribution in [0.5, 0.6) is 0 Å². The Kier molecular flexibility index (Phi) is 4.60. The SMILES string of the molecule is CC(CNC(C)C)CN1CCC(C)(C)C1. The summed E-state index contributed by atoms with van der Waals surface area (Å²) in [5.41, 5.74) is 0.547. The summed E-state index contributed by atoms with van der Waals surface area (Å²) < 4.78 is 0. The lowest BCUT2D eigenvalue weighted by atomic mass is 9.93. The van der Waals surface area contributed by atoms with Gasteiger partial charge in [-0.25, -0.2) is 0 Å². The van der Waals surface area contributed by atoms with Crippen LogP contribution in [0.3, 0.4) is 0 Å². The van der Waals surface area contributed by atoms with E-state index < -0.39 is 0 Å². The van der Waals surface area contributed by atoms with Crippen LogP contribution in [0.2, 0.25) is 0 Å². The molecule has 0 amide bonds. The maximum absolute atomic E-state index is 3.51. The molecule has 90 valence electrons. The van der Waals surface area contributed by atoms with E-state index in [9.17, 15) is 0 Å². The van der Waals surface area contributed by atoms with Gasteiger partial charge in [0.05, 0.1) is 0 Å². The minimum absolute atomic E-state index is 0.547. The van der Waals surface area contributed by atoms with Gasteiger partial charge in [-0.2, -0.15) is 0 Å². The van der Waals surface area contributed by atoms with Gasteiger partial charge in [0.2, 0.25) is 0 Å². The number of likely N-dealkylation sites (tertiary alicyclic amines) is 1. The van der Waals surface area contributed by atoms with E-state index in [1.54, 1.807) is 0 Å². The van der Waals surface area contributed by atoms with Gasteiger partial charge in [-0.1, -0.05) is 34.6 Å². The third-order valence-electron chi connectivity index (χ3n) is 3.20. The van der Waals surface area contributed by atoms with Crippen molar-refractivity contribution in [1.82, 2.24) is 10.2 Å². The molecule has 0 aliphatic carbocycles. The Morgan fingerprint density at radius 1 is 1.27 bits per heavy atom. The molecule has 1 atom stereocenters. The summed E-state index contributed by atoms with van der Waals surface area (Å²) in [6.45, 7) is 16.5. The molecule has 0 aromatic carbocycles. The van der Waals surface area contributed by atoms with E-state index >= 15 is 0 Å². The minimum atomic E-state index is 0.547. The topological polar surface area (TPSA) is 15.3 Å². The number of hydrogen-bond acceptors (Lipinski definition) is 2. The van der Waals surface area contributed by atoms with Crippen molar-refractivity contribution < 1.29 is 0 Å². The van der Waals surface area contributed by atoms with Crippen LogP contribution >= 0.6 is 0 Å². The van der Waals surface area contributed by atoms with Gasteiger partial charge < -0.3 is 10.2 Å². The zero-order chi connectivity index (χ0) is 11.5. The van der Waals surface area contributed by atoms with Gasteiger partial charge in [0.1, 0.15) is 0 Å². The van der Waals surface area contributed by atoms with Crippen LogP contribution < -0.4 is 5.32 Å². The molecule has 0 radical (unpaired) electrons. The zero-order valence-corrected chi connectivity index (χ0v) is 11.1. The number of nitrogens with zero attached hydrogens (tertiary/aromatic N) is 1. The second kappa shape index (κ2) is 5.31. The van der Waals surface area contributed by atoms with Crippen LogP contribution in [-0.2, 0) is 0 Å². The molecule has 2 heteroatoms. The highest BCUT2D eigenvalue weighted by atomic mass is 15.2. The van der Waals surface area contributed by atoms with Gasteiger partial charge in [0.25, 0.3) is 0 Å². The average molecular weight is 212 g/mol. The molecule has 2 nitrogen and oxygen atoms in total. The quantitative estimate of drug-likeness (QED) is 0.752. The first-order valence-corrected chi connectivity index (χ1v) is 6.35. The van der Waals surface area contributed by atoms with Crippen LogP contribution in [-0.4, -0.2) is 37.1 Å². The highest BCUT2D eigenvalue weighted by Crippen LogP contribution is 2.28. The van der Waals surface area contributed by atoms with E-state index in [0.29, 0.717) is 11.5 Å². The van der Waals surface area contributed by atoms with E-state index in [4.69, 9.17) is 0 Å². The second-order valence-corrected chi connectivity index (χ2v) is 6.32. The molecule has 1 unspecified atom stereocenters. The third-order valence-corrected chi connectivity index (χ3v) is 3.20. The number of hydrogen-bond donors (Lipinski definition) is 1. The summed E-state index contributed by atoms with van der Waals surface area (Å²) in [5, 5.41) is 3.51. The van der Waals surface area contributed by atoms with E-state index in [1.807, 2.05) is 0 Å². The summed E-state index contributed by atoms with van der Waals surface area (Å²) in [6, 6.07) is 0.613. The standard InChI is InChI=1S/C13H28N2/c1-11(2)14-8-12(3)9-15-7-6-13(4,5)10-15/h11-12,14H,6-10H2,1-5H3. The molecule has 0 aromatic heterocycles. The Morgan fingerprint density at radius 2 is 1.93 bits per heavy atom. The molecule has 0 aromatic rings. The summed E-state index contributed by atoms with van der Waals surface area (Å²) in [7, 11) is 0. The first kappa shape index (κ1) is 13.0. The Morgan fingerprint density at radius 3 is 2.40 bits per heavy atom. The number of nitrogens with one attached hydrogen (secondary N) is 1.